The molecule has 2 nitrogen and oxygen atoms in total. The van der Waals surface area contributed by atoms with Crippen molar-refractivity contribution in [2.45, 2.75) is 130 Å². The lowest BCUT2D eigenvalue weighted by Gasteiger charge is -2.43. The highest BCUT2D eigenvalue weighted by Gasteiger charge is 2.46. The maximum Gasteiger partial charge on any atom is 0.148 e. The highest BCUT2D eigenvalue weighted by molar-refractivity contribution is 5.84. The predicted octanol–water partition coefficient (Wildman–Crippen LogP) is 10.2. The van der Waals surface area contributed by atoms with Crippen LogP contribution in [-0.2, 0) is 6.42 Å². The Hall–Kier alpha value is -1.74. The molecule has 2 bridgehead atoms. The second kappa shape index (κ2) is 14.1. The van der Waals surface area contributed by atoms with Crippen LogP contribution in [0.2, 0.25) is 0 Å². The highest BCUT2D eigenvalue weighted by atomic mass is 19.1. The molecule has 2 atom stereocenters. The van der Waals surface area contributed by atoms with Gasteiger partial charge in [0, 0.05) is 11.5 Å². The summed E-state index contributed by atoms with van der Waals surface area (Å²) in [6.07, 6.45) is 22.8. The summed E-state index contributed by atoms with van der Waals surface area (Å²) in [6, 6.07) is 0. The lowest BCUT2D eigenvalue weighted by atomic mass is 9.61. The molecular weight excluding hydrogens is 467 g/mol. The van der Waals surface area contributed by atoms with Crippen molar-refractivity contribution in [3.63, 3.8) is 0 Å². The van der Waals surface area contributed by atoms with Gasteiger partial charge in [-0.05, 0) is 86.6 Å². The monoisotopic (exact) mass is 522 g/mol. The smallest absolute Gasteiger partial charge is 0.148 e. The first-order valence-corrected chi connectivity index (χ1v) is 15.6. The summed E-state index contributed by atoms with van der Waals surface area (Å²) >= 11 is 0. The summed E-state index contributed by atoms with van der Waals surface area (Å²) in [5.74, 6) is 0.218. The maximum atomic E-state index is 16.0. The van der Waals surface area contributed by atoms with Gasteiger partial charge >= 0.3 is 0 Å². The second-order valence-electron chi connectivity index (χ2n) is 12.8. The van der Waals surface area contributed by atoms with Crippen LogP contribution < -0.4 is 5.32 Å². The topological polar surface area (TPSA) is 24.9 Å². The van der Waals surface area contributed by atoms with Gasteiger partial charge in [0.15, 0.2) is 0 Å². The second-order valence-corrected chi connectivity index (χ2v) is 12.8. The molecule has 1 aromatic heterocycles. The number of nitrogens with zero attached hydrogens (tertiary/aromatic N) is 1. The average Bonchev–Trinajstić information content (AvgIpc) is 3.45. The number of hydrogen-bond acceptors (Lipinski definition) is 2. The quantitative estimate of drug-likeness (QED) is 0.398. The molecule has 0 spiro atoms. The van der Waals surface area contributed by atoms with Gasteiger partial charge in [0.25, 0.3) is 0 Å². The third-order valence-electron chi connectivity index (χ3n) is 9.62. The normalized spacial score (nSPS) is 27.3. The molecule has 0 saturated heterocycles. The van der Waals surface area contributed by atoms with Crippen molar-refractivity contribution in [3.05, 3.63) is 53.6 Å². The molecule has 2 unspecified atom stereocenters. The van der Waals surface area contributed by atoms with Crippen LogP contribution in [0.3, 0.4) is 0 Å². The van der Waals surface area contributed by atoms with E-state index in [9.17, 15) is 0 Å². The zero-order valence-electron chi connectivity index (χ0n) is 25.3. The minimum atomic E-state index is -0.0382. The van der Waals surface area contributed by atoms with Crippen molar-refractivity contribution in [2.24, 2.45) is 10.8 Å². The predicted molar refractivity (Wildman–Crippen MR) is 164 cm³/mol. The van der Waals surface area contributed by atoms with Crippen molar-refractivity contribution in [1.29, 1.82) is 0 Å². The number of hydrogen-bond donors (Lipinski definition) is 1. The molecule has 0 aliphatic heterocycles. The molecule has 4 aliphatic carbocycles. The summed E-state index contributed by atoms with van der Waals surface area (Å²) in [7, 11) is 1.93. The molecule has 4 aliphatic rings. The third kappa shape index (κ3) is 7.06. The summed E-state index contributed by atoms with van der Waals surface area (Å²) in [5, 5.41) is 2.93. The lowest BCUT2D eigenvalue weighted by Crippen LogP contribution is -2.32. The van der Waals surface area contributed by atoms with Crippen molar-refractivity contribution >= 4 is 11.1 Å². The van der Waals surface area contributed by atoms with Gasteiger partial charge in [-0.1, -0.05) is 104 Å². The van der Waals surface area contributed by atoms with Crippen LogP contribution in [0.4, 0.5) is 4.39 Å². The molecule has 1 heterocycles. The standard InChI is InChI=1S/C26H34FN.C6H12.C3H9N/c1-6-18(7-2)23-21-17(3)26(5)14-10-13-25(4,16-26)15-20(21)22(27)24(28-23)19-11-8-9-12-19;1-2-4-6-5-3-1;1-3-4-2/h6-7,19H,1,3,8-16H2,2,4-5H3;1-6H2;4H,3H2,1-2H3/b18-7+;;. The van der Waals surface area contributed by atoms with Crippen LogP contribution in [0.15, 0.2) is 25.3 Å². The number of pyridine rings is 1. The van der Waals surface area contributed by atoms with Gasteiger partial charge in [-0.3, -0.25) is 0 Å². The molecule has 1 aromatic rings. The number of aromatic nitrogens is 1. The van der Waals surface area contributed by atoms with Crippen molar-refractivity contribution in [1.82, 2.24) is 10.3 Å². The van der Waals surface area contributed by atoms with Crippen LogP contribution in [0.1, 0.15) is 146 Å². The van der Waals surface area contributed by atoms with E-state index in [4.69, 9.17) is 4.98 Å². The van der Waals surface area contributed by atoms with Gasteiger partial charge in [-0.25, -0.2) is 9.37 Å². The summed E-state index contributed by atoms with van der Waals surface area (Å²) in [4.78, 5) is 4.99. The van der Waals surface area contributed by atoms with Crippen LogP contribution >= 0.6 is 0 Å². The van der Waals surface area contributed by atoms with Crippen molar-refractivity contribution in [2.75, 3.05) is 13.6 Å². The summed E-state index contributed by atoms with van der Waals surface area (Å²) in [6.45, 7) is 18.4. The van der Waals surface area contributed by atoms with Crippen LogP contribution in [0.25, 0.3) is 11.1 Å². The Morgan fingerprint density at radius 3 is 2.11 bits per heavy atom. The molecule has 0 aromatic carbocycles. The Kier molecular flexibility index (Phi) is 11.4. The number of fused-ring (bicyclic) bond motifs is 3. The number of halogens is 1. The Morgan fingerprint density at radius 1 is 1.03 bits per heavy atom. The van der Waals surface area contributed by atoms with Gasteiger partial charge in [-0.2, -0.15) is 0 Å². The van der Waals surface area contributed by atoms with Crippen molar-refractivity contribution < 1.29 is 4.39 Å². The van der Waals surface area contributed by atoms with E-state index in [0.29, 0.717) is 5.69 Å². The number of nitrogens with one attached hydrogen (secondary N) is 1. The van der Waals surface area contributed by atoms with E-state index >= 15 is 4.39 Å². The molecule has 38 heavy (non-hydrogen) atoms. The summed E-state index contributed by atoms with van der Waals surface area (Å²) in [5.41, 5.74) is 5.73. The molecule has 212 valence electrons. The van der Waals surface area contributed by atoms with E-state index in [1.165, 1.54) is 64.2 Å². The molecule has 3 saturated carbocycles. The van der Waals surface area contributed by atoms with Crippen LogP contribution in [0.5, 0.6) is 0 Å². The van der Waals surface area contributed by atoms with Gasteiger partial charge in [0.1, 0.15) is 5.82 Å². The van der Waals surface area contributed by atoms with E-state index in [2.05, 4.69) is 45.3 Å². The van der Waals surface area contributed by atoms with E-state index in [-0.39, 0.29) is 22.6 Å². The molecule has 0 radical (unpaired) electrons. The summed E-state index contributed by atoms with van der Waals surface area (Å²) < 4.78 is 16.0. The molecule has 3 heteroatoms. The van der Waals surface area contributed by atoms with Gasteiger partial charge < -0.3 is 5.32 Å². The van der Waals surface area contributed by atoms with Gasteiger partial charge in [-0.15, -0.1) is 0 Å². The van der Waals surface area contributed by atoms with Gasteiger partial charge in [0.2, 0.25) is 0 Å². The van der Waals surface area contributed by atoms with Crippen molar-refractivity contribution in [3.8, 4) is 0 Å². The Balaban J connectivity index is 0.000000338. The SMILES string of the molecule is C1CCCCC1.C=C/C(=C\C)c1nc(C2CCCC2)c(F)c2c1C(=C)C1(C)CCCC(C)(C2)C1.CCNC. The first-order valence-electron chi connectivity index (χ1n) is 15.6. The van der Waals surface area contributed by atoms with E-state index in [0.717, 1.165) is 66.6 Å². The van der Waals surface area contributed by atoms with Crippen LogP contribution in [-0.4, -0.2) is 18.6 Å². The number of allylic oxidation sites excluding steroid dienone is 4. The minimum Gasteiger partial charge on any atom is -0.320 e. The Bertz CT molecular complexity index is 969. The zero-order valence-corrected chi connectivity index (χ0v) is 25.3. The van der Waals surface area contributed by atoms with E-state index in [1.54, 1.807) is 0 Å². The third-order valence-corrected chi connectivity index (χ3v) is 9.62. The Labute approximate surface area is 233 Å². The fraction of sp³-hybridized carbons (Fsp3) is 0.686. The molecular formula is C35H55FN2. The fourth-order valence-corrected chi connectivity index (χ4v) is 7.38. The average molecular weight is 523 g/mol. The lowest BCUT2D eigenvalue weighted by molar-refractivity contribution is 0.131. The maximum absolute atomic E-state index is 16.0. The number of rotatable bonds is 4. The first-order chi connectivity index (χ1) is 18.2. The zero-order chi connectivity index (χ0) is 27.8. The minimum absolute atomic E-state index is 0.0238. The molecule has 0 amide bonds. The highest BCUT2D eigenvalue weighted by Crippen LogP contribution is 2.58. The first kappa shape index (κ1) is 30.8. The fourth-order valence-electron chi connectivity index (χ4n) is 7.38. The Morgan fingerprint density at radius 2 is 1.61 bits per heavy atom. The van der Waals surface area contributed by atoms with E-state index < -0.39 is 0 Å². The van der Waals surface area contributed by atoms with Gasteiger partial charge in [0.05, 0.1) is 11.4 Å². The van der Waals surface area contributed by atoms with Crippen LogP contribution in [0, 0.1) is 16.6 Å². The van der Waals surface area contributed by atoms with E-state index in [1.807, 2.05) is 20.0 Å². The molecule has 3 fully saturated rings. The largest absolute Gasteiger partial charge is 0.320 e. The molecule has 1 N–H and O–H groups in total. The molecule has 5 rings (SSSR count).